The van der Waals surface area contributed by atoms with Gasteiger partial charge in [-0.1, -0.05) is 32.9 Å². The number of benzene rings is 1. The van der Waals surface area contributed by atoms with Gasteiger partial charge in [-0.15, -0.1) is 0 Å². The fraction of sp³-hybridized carbons (Fsp3) is 0.304. The van der Waals surface area contributed by atoms with Crippen molar-refractivity contribution in [3.05, 3.63) is 76.2 Å². The van der Waals surface area contributed by atoms with Gasteiger partial charge in [0.05, 0.1) is 30.0 Å². The summed E-state index contributed by atoms with van der Waals surface area (Å²) in [4.78, 5) is 31.7. The zero-order valence-electron chi connectivity index (χ0n) is 17.8. The van der Waals surface area contributed by atoms with E-state index in [4.69, 9.17) is 0 Å². The first-order valence-electron chi connectivity index (χ1n) is 10.1. The number of thiol groups is 1. The smallest absolute Gasteiger partial charge is 0.256 e. The molecule has 1 aromatic carbocycles. The molecule has 0 saturated carbocycles. The van der Waals surface area contributed by atoms with Gasteiger partial charge >= 0.3 is 0 Å². The number of hydrogen-bond donors (Lipinski definition) is 3. The van der Waals surface area contributed by atoms with Crippen LogP contribution < -0.4 is 5.32 Å². The highest BCUT2D eigenvalue weighted by molar-refractivity contribution is 7.79. The van der Waals surface area contributed by atoms with Crippen LogP contribution in [0, 0.1) is 0 Å². The molecule has 2 amide bonds. The fourth-order valence-electron chi connectivity index (χ4n) is 3.62. The Morgan fingerprint density at radius 3 is 2.58 bits per heavy atom. The van der Waals surface area contributed by atoms with Crippen LogP contribution in [0.15, 0.2) is 42.6 Å². The number of hydrogen-bond acceptors (Lipinski definition) is 5. The molecule has 3 heterocycles. The van der Waals surface area contributed by atoms with Gasteiger partial charge in [0.15, 0.2) is 5.82 Å². The quantitative estimate of drug-likeness (QED) is 0.542. The molecule has 1 aliphatic rings. The Morgan fingerprint density at radius 1 is 1.16 bits per heavy atom. The minimum atomic E-state index is -0.232. The molecule has 2 N–H and O–H groups in total. The van der Waals surface area contributed by atoms with Gasteiger partial charge in [-0.3, -0.25) is 19.7 Å². The van der Waals surface area contributed by atoms with E-state index in [-0.39, 0.29) is 17.2 Å². The maximum Gasteiger partial charge on any atom is 0.256 e. The maximum absolute atomic E-state index is 13.0. The first kappa shape index (κ1) is 21.1. The number of carbonyl (C=O) groups excluding carboxylic acids is 2. The fourth-order valence-corrected chi connectivity index (χ4v) is 3.87. The number of nitrogens with one attached hydrogen (secondary N) is 2. The number of nitrogens with zero attached hydrogens (tertiary/aromatic N) is 3. The standard InChI is InChI=1S/C23H25N5O2S/c1-23(2,3)15-8-6-14(7-9-15)21(29)25-20-17-11-28(12-18(17)26-27-20)22(30)16-5-4-10-24-19(16)13-31/h4-10,31H,11-13H2,1-3H3,(H2,25,26,27,29). The molecule has 1 aliphatic heterocycles. The molecule has 0 bridgehead atoms. The highest BCUT2D eigenvalue weighted by Gasteiger charge is 2.30. The van der Waals surface area contributed by atoms with Crippen LogP contribution in [-0.4, -0.2) is 31.9 Å². The Kier molecular flexibility index (Phi) is 5.58. The summed E-state index contributed by atoms with van der Waals surface area (Å²) in [6.45, 7) is 7.16. The number of aromatic nitrogens is 3. The van der Waals surface area contributed by atoms with Crippen molar-refractivity contribution in [2.45, 2.75) is 45.0 Å². The molecule has 0 atom stereocenters. The molecule has 0 aliphatic carbocycles. The molecule has 0 spiro atoms. The summed E-state index contributed by atoms with van der Waals surface area (Å²) >= 11 is 4.27. The minimum absolute atomic E-state index is 0.0229. The topological polar surface area (TPSA) is 91.0 Å². The second-order valence-corrected chi connectivity index (χ2v) is 8.94. The molecule has 2 aromatic heterocycles. The van der Waals surface area contributed by atoms with Crippen molar-refractivity contribution in [2.75, 3.05) is 5.32 Å². The van der Waals surface area contributed by atoms with Crippen molar-refractivity contribution in [1.29, 1.82) is 0 Å². The van der Waals surface area contributed by atoms with E-state index in [1.54, 1.807) is 23.2 Å². The van der Waals surface area contributed by atoms with Crippen molar-refractivity contribution in [3.63, 3.8) is 0 Å². The Balaban J connectivity index is 1.48. The van der Waals surface area contributed by atoms with Gasteiger partial charge in [0.2, 0.25) is 0 Å². The second-order valence-electron chi connectivity index (χ2n) is 8.63. The predicted octanol–water partition coefficient (Wildman–Crippen LogP) is 3.94. The van der Waals surface area contributed by atoms with Crippen LogP contribution in [0.2, 0.25) is 0 Å². The number of amides is 2. The zero-order chi connectivity index (χ0) is 22.2. The minimum Gasteiger partial charge on any atom is -0.328 e. The van der Waals surface area contributed by atoms with Crippen LogP contribution in [0.3, 0.4) is 0 Å². The number of rotatable bonds is 4. The van der Waals surface area contributed by atoms with Crippen LogP contribution >= 0.6 is 12.6 Å². The van der Waals surface area contributed by atoms with Gasteiger partial charge < -0.3 is 10.2 Å². The summed E-state index contributed by atoms with van der Waals surface area (Å²) in [7, 11) is 0. The van der Waals surface area contributed by atoms with E-state index >= 15 is 0 Å². The van der Waals surface area contributed by atoms with Crippen molar-refractivity contribution in [3.8, 4) is 0 Å². The van der Waals surface area contributed by atoms with Crippen molar-refractivity contribution < 1.29 is 9.59 Å². The molecule has 8 heteroatoms. The summed E-state index contributed by atoms with van der Waals surface area (Å²) in [5, 5.41) is 10.1. The molecule has 3 aromatic rings. The van der Waals surface area contributed by atoms with E-state index in [0.29, 0.717) is 41.5 Å². The van der Waals surface area contributed by atoms with Gasteiger partial charge in [0.25, 0.3) is 11.8 Å². The van der Waals surface area contributed by atoms with Crippen molar-refractivity contribution in [2.24, 2.45) is 0 Å². The third-order valence-electron chi connectivity index (χ3n) is 5.45. The third kappa shape index (κ3) is 4.20. The van der Waals surface area contributed by atoms with Gasteiger partial charge in [0.1, 0.15) is 0 Å². The van der Waals surface area contributed by atoms with Crippen LogP contribution in [0.25, 0.3) is 0 Å². The Bertz CT molecular complexity index is 1130. The van der Waals surface area contributed by atoms with Gasteiger partial charge in [-0.05, 0) is 35.2 Å². The molecular formula is C23H25N5O2S. The predicted molar refractivity (Wildman–Crippen MR) is 122 cm³/mol. The molecule has 0 radical (unpaired) electrons. The molecule has 0 saturated heterocycles. The van der Waals surface area contributed by atoms with E-state index in [9.17, 15) is 9.59 Å². The molecule has 0 fully saturated rings. The highest BCUT2D eigenvalue weighted by Crippen LogP contribution is 2.29. The van der Waals surface area contributed by atoms with Gasteiger partial charge in [-0.2, -0.15) is 17.7 Å². The molecule has 0 unspecified atom stereocenters. The van der Waals surface area contributed by atoms with Crippen molar-refractivity contribution in [1.82, 2.24) is 20.1 Å². The molecule has 7 nitrogen and oxygen atoms in total. The van der Waals surface area contributed by atoms with Crippen LogP contribution in [-0.2, 0) is 24.3 Å². The lowest BCUT2D eigenvalue weighted by Crippen LogP contribution is -2.27. The Labute approximate surface area is 186 Å². The van der Waals surface area contributed by atoms with E-state index < -0.39 is 0 Å². The summed E-state index contributed by atoms with van der Waals surface area (Å²) in [6.07, 6.45) is 1.65. The molecule has 160 valence electrons. The van der Waals surface area contributed by atoms with Crippen LogP contribution in [0.4, 0.5) is 5.82 Å². The van der Waals surface area contributed by atoms with Crippen LogP contribution in [0.1, 0.15) is 64.0 Å². The normalized spacial score (nSPS) is 13.2. The number of pyridine rings is 1. The van der Waals surface area contributed by atoms with Crippen LogP contribution in [0.5, 0.6) is 0 Å². The zero-order valence-corrected chi connectivity index (χ0v) is 18.7. The first-order chi connectivity index (χ1) is 14.8. The van der Waals surface area contributed by atoms with E-state index in [1.807, 2.05) is 24.3 Å². The summed E-state index contributed by atoms with van der Waals surface area (Å²) in [5.41, 5.74) is 4.58. The monoisotopic (exact) mass is 435 g/mol. The summed E-state index contributed by atoms with van der Waals surface area (Å²) in [5.74, 6) is 0.495. The summed E-state index contributed by atoms with van der Waals surface area (Å²) < 4.78 is 0. The summed E-state index contributed by atoms with van der Waals surface area (Å²) in [6, 6.07) is 11.1. The average Bonchev–Trinajstić information content (AvgIpc) is 3.34. The van der Waals surface area contributed by atoms with Gasteiger partial charge in [0, 0.05) is 23.1 Å². The first-order valence-corrected chi connectivity index (χ1v) is 10.7. The molecule has 4 rings (SSSR count). The highest BCUT2D eigenvalue weighted by atomic mass is 32.1. The molecule has 31 heavy (non-hydrogen) atoms. The number of carbonyl (C=O) groups is 2. The Morgan fingerprint density at radius 2 is 1.90 bits per heavy atom. The van der Waals surface area contributed by atoms with E-state index in [0.717, 1.165) is 16.8 Å². The molecular weight excluding hydrogens is 410 g/mol. The van der Waals surface area contributed by atoms with E-state index in [2.05, 4.69) is 53.9 Å². The number of anilines is 1. The van der Waals surface area contributed by atoms with Crippen molar-refractivity contribution >= 4 is 30.3 Å². The Hall–Kier alpha value is -3.13. The average molecular weight is 436 g/mol. The van der Waals surface area contributed by atoms with Gasteiger partial charge in [-0.25, -0.2) is 0 Å². The third-order valence-corrected chi connectivity index (χ3v) is 5.75. The SMILES string of the molecule is CC(C)(C)c1ccc(C(=O)Nc2n[nH]c3c2CN(C(=O)c2cccnc2CS)C3)cc1. The lowest BCUT2D eigenvalue weighted by atomic mass is 9.87. The van der Waals surface area contributed by atoms with E-state index in [1.165, 1.54) is 0 Å². The maximum atomic E-state index is 13.0. The second kappa shape index (κ2) is 8.19. The number of aromatic amines is 1. The number of H-pyrrole nitrogens is 1. The lowest BCUT2D eigenvalue weighted by Gasteiger charge is -2.19. The number of fused-ring (bicyclic) bond motifs is 1. The lowest BCUT2D eigenvalue weighted by molar-refractivity contribution is 0.0748. The largest absolute Gasteiger partial charge is 0.328 e.